The maximum atomic E-state index is 9.06. The van der Waals surface area contributed by atoms with Gasteiger partial charge in [0.2, 0.25) is 0 Å². The molecule has 0 aliphatic carbocycles. The maximum Gasteiger partial charge on any atom is 0.0652 e. The molecule has 0 bridgehead atoms. The van der Waals surface area contributed by atoms with Crippen molar-refractivity contribution in [1.82, 2.24) is 9.78 Å². The molecule has 0 saturated carbocycles. The molecule has 1 atom stereocenters. The van der Waals surface area contributed by atoms with Crippen molar-refractivity contribution < 1.29 is 5.11 Å². The average molecular weight is 154 g/mol. The smallest absolute Gasteiger partial charge is 0.0652 e. The van der Waals surface area contributed by atoms with Crippen LogP contribution >= 0.6 is 0 Å². The summed E-state index contributed by atoms with van der Waals surface area (Å²) in [6, 6.07) is 1.99. The fraction of sp³-hybridized carbons (Fsp3) is 0.625. The van der Waals surface area contributed by atoms with Crippen LogP contribution in [0.2, 0.25) is 0 Å². The Hall–Kier alpha value is -0.830. The Morgan fingerprint density at radius 1 is 1.73 bits per heavy atom. The van der Waals surface area contributed by atoms with Crippen molar-refractivity contribution in [2.45, 2.75) is 26.4 Å². The second-order valence-electron chi connectivity index (χ2n) is 2.95. The van der Waals surface area contributed by atoms with E-state index in [-0.39, 0.29) is 6.10 Å². The van der Waals surface area contributed by atoms with Crippen molar-refractivity contribution >= 4 is 0 Å². The predicted molar refractivity (Wildman–Crippen MR) is 43.3 cm³/mol. The van der Waals surface area contributed by atoms with E-state index in [1.807, 2.05) is 24.7 Å². The van der Waals surface area contributed by atoms with E-state index >= 15 is 0 Å². The molecule has 0 saturated heterocycles. The summed E-state index contributed by atoms with van der Waals surface area (Å²) in [7, 11) is 1.90. The van der Waals surface area contributed by atoms with E-state index in [1.54, 1.807) is 6.92 Å². The molecule has 0 aromatic carbocycles. The molecule has 0 amide bonds. The SMILES string of the molecule is Cc1cc(C[C@H](C)O)nn1C. The van der Waals surface area contributed by atoms with E-state index in [4.69, 9.17) is 5.11 Å². The van der Waals surface area contributed by atoms with E-state index < -0.39 is 0 Å². The van der Waals surface area contributed by atoms with Crippen LogP contribution in [0.3, 0.4) is 0 Å². The molecule has 1 aromatic heterocycles. The number of nitrogens with zero attached hydrogens (tertiary/aromatic N) is 2. The lowest BCUT2D eigenvalue weighted by atomic mass is 10.2. The summed E-state index contributed by atoms with van der Waals surface area (Å²) in [5.74, 6) is 0. The number of aliphatic hydroxyl groups is 1. The molecule has 0 unspecified atom stereocenters. The Bertz CT molecular complexity index is 221. The fourth-order valence-electron chi connectivity index (χ4n) is 1.04. The molecule has 1 heterocycles. The van der Waals surface area contributed by atoms with Gasteiger partial charge in [-0.25, -0.2) is 0 Å². The molecule has 1 N–H and O–H groups in total. The number of aryl methyl sites for hydroxylation is 2. The highest BCUT2D eigenvalue weighted by Crippen LogP contribution is 2.03. The van der Waals surface area contributed by atoms with Crippen LogP contribution in [-0.2, 0) is 13.5 Å². The predicted octanol–water partition coefficient (Wildman–Crippen LogP) is 0.652. The Balaban J connectivity index is 2.73. The number of aromatic nitrogens is 2. The molecule has 3 heteroatoms. The molecule has 0 aliphatic heterocycles. The average Bonchev–Trinajstić information content (AvgIpc) is 2.10. The van der Waals surface area contributed by atoms with Gasteiger partial charge < -0.3 is 5.11 Å². The quantitative estimate of drug-likeness (QED) is 0.679. The van der Waals surface area contributed by atoms with Crippen molar-refractivity contribution in [3.63, 3.8) is 0 Å². The highest BCUT2D eigenvalue weighted by atomic mass is 16.3. The lowest BCUT2D eigenvalue weighted by molar-refractivity contribution is 0.194. The maximum absolute atomic E-state index is 9.06. The first-order valence-corrected chi connectivity index (χ1v) is 3.77. The molecule has 0 fully saturated rings. The lowest BCUT2D eigenvalue weighted by Crippen LogP contribution is -2.05. The highest BCUT2D eigenvalue weighted by molar-refractivity contribution is 5.08. The minimum Gasteiger partial charge on any atom is -0.393 e. The van der Waals surface area contributed by atoms with Crippen molar-refractivity contribution in [1.29, 1.82) is 0 Å². The first-order chi connectivity index (χ1) is 5.09. The third kappa shape index (κ3) is 2.05. The molecule has 1 aromatic rings. The Kier molecular flexibility index (Phi) is 2.29. The number of rotatable bonds is 2. The molecular formula is C8H14N2O. The normalized spacial score (nSPS) is 13.5. The van der Waals surface area contributed by atoms with Crippen LogP contribution in [0.25, 0.3) is 0 Å². The van der Waals surface area contributed by atoms with Gasteiger partial charge in [-0.3, -0.25) is 4.68 Å². The topological polar surface area (TPSA) is 38.1 Å². The molecule has 0 spiro atoms. The van der Waals surface area contributed by atoms with Crippen molar-refractivity contribution in [2.75, 3.05) is 0 Å². The molecular weight excluding hydrogens is 140 g/mol. The molecule has 0 aliphatic rings. The van der Waals surface area contributed by atoms with E-state index in [1.165, 1.54) is 0 Å². The third-order valence-electron chi connectivity index (χ3n) is 1.67. The number of hydrogen-bond donors (Lipinski definition) is 1. The Morgan fingerprint density at radius 2 is 2.36 bits per heavy atom. The van der Waals surface area contributed by atoms with E-state index in [2.05, 4.69) is 5.10 Å². The van der Waals surface area contributed by atoms with Gasteiger partial charge in [0.25, 0.3) is 0 Å². The first kappa shape index (κ1) is 8.27. The zero-order valence-electron chi connectivity index (χ0n) is 7.20. The summed E-state index contributed by atoms with van der Waals surface area (Å²) in [5.41, 5.74) is 2.08. The van der Waals surface area contributed by atoms with E-state index in [9.17, 15) is 0 Å². The van der Waals surface area contributed by atoms with Gasteiger partial charge in [-0.15, -0.1) is 0 Å². The standard InChI is InChI=1S/C8H14N2O/c1-6-4-8(5-7(2)11)9-10(6)3/h4,7,11H,5H2,1-3H3/t7-/m0/s1. The van der Waals surface area contributed by atoms with Gasteiger partial charge in [0, 0.05) is 19.2 Å². The summed E-state index contributed by atoms with van der Waals surface area (Å²) >= 11 is 0. The van der Waals surface area contributed by atoms with E-state index in [0.717, 1.165) is 11.4 Å². The molecule has 0 radical (unpaired) electrons. The van der Waals surface area contributed by atoms with Gasteiger partial charge in [-0.1, -0.05) is 0 Å². The van der Waals surface area contributed by atoms with Gasteiger partial charge in [0.1, 0.15) is 0 Å². The van der Waals surface area contributed by atoms with Gasteiger partial charge in [-0.05, 0) is 19.9 Å². The largest absolute Gasteiger partial charge is 0.393 e. The second-order valence-corrected chi connectivity index (χ2v) is 2.95. The summed E-state index contributed by atoms with van der Waals surface area (Å²) in [6.07, 6.45) is 0.339. The fourth-order valence-corrected chi connectivity index (χ4v) is 1.04. The van der Waals surface area contributed by atoms with E-state index in [0.29, 0.717) is 6.42 Å². The summed E-state index contributed by atoms with van der Waals surface area (Å²) in [4.78, 5) is 0. The molecule has 11 heavy (non-hydrogen) atoms. The minimum atomic E-state index is -0.302. The summed E-state index contributed by atoms with van der Waals surface area (Å²) in [6.45, 7) is 3.77. The molecule has 3 nitrogen and oxygen atoms in total. The molecule has 1 rings (SSSR count). The van der Waals surface area contributed by atoms with Crippen LogP contribution in [0.5, 0.6) is 0 Å². The van der Waals surface area contributed by atoms with Gasteiger partial charge >= 0.3 is 0 Å². The summed E-state index contributed by atoms with van der Waals surface area (Å²) < 4.78 is 1.82. The van der Waals surface area contributed by atoms with Crippen molar-refractivity contribution in [2.24, 2.45) is 7.05 Å². The zero-order valence-corrected chi connectivity index (χ0v) is 7.20. The van der Waals surface area contributed by atoms with Gasteiger partial charge in [0.05, 0.1) is 11.8 Å². The Morgan fingerprint density at radius 3 is 2.73 bits per heavy atom. The van der Waals surface area contributed by atoms with Crippen LogP contribution in [0.15, 0.2) is 6.07 Å². The highest BCUT2D eigenvalue weighted by Gasteiger charge is 2.03. The van der Waals surface area contributed by atoms with Crippen LogP contribution in [0.4, 0.5) is 0 Å². The minimum absolute atomic E-state index is 0.302. The van der Waals surface area contributed by atoms with Crippen LogP contribution in [0, 0.1) is 6.92 Å². The van der Waals surface area contributed by atoms with Crippen molar-refractivity contribution in [3.05, 3.63) is 17.5 Å². The van der Waals surface area contributed by atoms with Crippen LogP contribution in [0.1, 0.15) is 18.3 Å². The zero-order chi connectivity index (χ0) is 8.43. The second kappa shape index (κ2) is 3.05. The number of aliphatic hydroxyl groups excluding tert-OH is 1. The van der Waals surface area contributed by atoms with Crippen LogP contribution in [-0.4, -0.2) is 21.0 Å². The first-order valence-electron chi connectivity index (χ1n) is 3.77. The Labute approximate surface area is 66.7 Å². The van der Waals surface area contributed by atoms with Crippen molar-refractivity contribution in [3.8, 4) is 0 Å². The monoisotopic (exact) mass is 154 g/mol. The van der Waals surface area contributed by atoms with Gasteiger partial charge in [0.15, 0.2) is 0 Å². The molecule has 62 valence electrons. The third-order valence-corrected chi connectivity index (χ3v) is 1.67. The summed E-state index contributed by atoms with van der Waals surface area (Å²) in [5, 5.41) is 13.3. The van der Waals surface area contributed by atoms with Crippen LogP contribution < -0.4 is 0 Å². The van der Waals surface area contributed by atoms with Gasteiger partial charge in [-0.2, -0.15) is 5.10 Å². The number of hydrogen-bond acceptors (Lipinski definition) is 2. The lowest BCUT2D eigenvalue weighted by Gasteiger charge is -1.97.